The van der Waals surface area contributed by atoms with Crippen LogP contribution in [0.4, 0.5) is 10.5 Å². The molecule has 0 unspecified atom stereocenters. The summed E-state index contributed by atoms with van der Waals surface area (Å²) >= 11 is 0. The van der Waals surface area contributed by atoms with E-state index < -0.39 is 28.6 Å². The van der Waals surface area contributed by atoms with Gasteiger partial charge in [0.05, 0.1) is 12.2 Å². The number of likely N-dealkylation sites (tertiary alicyclic amines) is 1. The number of ether oxygens (including phenoxy) is 1. The summed E-state index contributed by atoms with van der Waals surface area (Å²) in [5.41, 5.74) is 0.319. The Bertz CT molecular complexity index is 1380. The number of rotatable bonds is 4. The zero-order valence-electron chi connectivity index (χ0n) is 21.9. The molecule has 0 radical (unpaired) electrons. The molecule has 3 amide bonds. The lowest BCUT2D eigenvalue weighted by molar-refractivity contribution is -0.181. The van der Waals surface area contributed by atoms with Gasteiger partial charge in [0, 0.05) is 5.56 Å². The Kier molecular flexibility index (Phi) is 5.74. The third kappa shape index (κ3) is 3.42. The Balaban J connectivity index is 1.78. The average Bonchev–Trinajstić information content (AvgIpc) is 3.09. The Hall–Kier alpha value is -3.93. The van der Waals surface area contributed by atoms with Crippen LogP contribution in [0, 0.1) is 6.92 Å². The number of hydrogen-bond acceptors (Lipinski definition) is 4. The zero-order chi connectivity index (χ0) is 26.6. The van der Waals surface area contributed by atoms with Crippen LogP contribution in [-0.4, -0.2) is 28.4 Å². The summed E-state index contributed by atoms with van der Waals surface area (Å²) in [4.78, 5) is 45.4. The summed E-state index contributed by atoms with van der Waals surface area (Å²) in [6.45, 7) is 9.43. The predicted molar refractivity (Wildman–Crippen MR) is 142 cm³/mol. The molecule has 190 valence electrons. The standard InChI is InChI=1S/C31H32N2O4/c1-6-30(23-15-11-8-12-16-23)26(34)33(28(36)37-29(3,4)5)31(30)24-19-21(2)17-18-25(24)32(27(31)35)20-22-13-9-7-10-14-22/h7-19H,6,20H2,1-5H3/t30-,31+/m1/s1. The second kappa shape index (κ2) is 8.58. The smallest absolute Gasteiger partial charge is 0.418 e. The lowest BCUT2D eigenvalue weighted by Gasteiger charge is -2.60. The molecule has 2 atom stereocenters. The second-order valence-electron chi connectivity index (χ2n) is 10.9. The Morgan fingerprint density at radius 1 is 0.892 bits per heavy atom. The van der Waals surface area contributed by atoms with Crippen LogP contribution in [0.25, 0.3) is 0 Å². The molecule has 0 N–H and O–H groups in total. The molecule has 3 aromatic rings. The van der Waals surface area contributed by atoms with Gasteiger partial charge in [-0.2, -0.15) is 0 Å². The molecule has 0 saturated carbocycles. The maximum absolute atomic E-state index is 14.8. The van der Waals surface area contributed by atoms with Crippen molar-refractivity contribution in [2.75, 3.05) is 4.90 Å². The lowest BCUT2D eigenvalue weighted by atomic mass is 9.53. The summed E-state index contributed by atoms with van der Waals surface area (Å²) in [7, 11) is 0. The minimum absolute atomic E-state index is 0.298. The monoisotopic (exact) mass is 496 g/mol. The predicted octanol–water partition coefficient (Wildman–Crippen LogP) is 5.86. The van der Waals surface area contributed by atoms with Crippen molar-refractivity contribution in [2.24, 2.45) is 0 Å². The van der Waals surface area contributed by atoms with E-state index in [-0.39, 0.29) is 5.91 Å². The molecular formula is C31H32N2O4. The van der Waals surface area contributed by atoms with E-state index in [0.29, 0.717) is 29.8 Å². The molecule has 1 spiro atoms. The van der Waals surface area contributed by atoms with E-state index in [1.54, 1.807) is 25.7 Å². The van der Waals surface area contributed by atoms with E-state index in [1.165, 1.54) is 0 Å². The largest absolute Gasteiger partial charge is 0.443 e. The number of carbonyl (C=O) groups is 3. The number of fused-ring (bicyclic) bond motifs is 2. The van der Waals surface area contributed by atoms with E-state index in [0.717, 1.165) is 16.0 Å². The number of hydrogen-bond donors (Lipinski definition) is 0. The number of anilines is 1. The molecule has 2 aliphatic rings. The van der Waals surface area contributed by atoms with Gasteiger partial charge in [0.1, 0.15) is 11.0 Å². The quantitative estimate of drug-likeness (QED) is 0.424. The minimum Gasteiger partial charge on any atom is -0.443 e. The van der Waals surface area contributed by atoms with Crippen LogP contribution in [0.15, 0.2) is 78.9 Å². The van der Waals surface area contributed by atoms with E-state index in [2.05, 4.69) is 0 Å². The first-order valence-electron chi connectivity index (χ1n) is 12.7. The van der Waals surface area contributed by atoms with Crippen LogP contribution in [0.1, 0.15) is 56.4 Å². The molecular weight excluding hydrogens is 464 g/mol. The van der Waals surface area contributed by atoms with Crippen LogP contribution in [0.5, 0.6) is 0 Å². The zero-order valence-corrected chi connectivity index (χ0v) is 21.9. The van der Waals surface area contributed by atoms with Crippen LogP contribution >= 0.6 is 0 Å². The number of nitrogens with zero attached hydrogens (tertiary/aromatic N) is 2. The van der Waals surface area contributed by atoms with Crippen LogP contribution in [0.3, 0.4) is 0 Å². The van der Waals surface area contributed by atoms with E-state index in [4.69, 9.17) is 4.74 Å². The summed E-state index contributed by atoms with van der Waals surface area (Å²) in [5.74, 6) is -0.717. The molecule has 5 rings (SSSR count). The average molecular weight is 497 g/mol. The van der Waals surface area contributed by atoms with Gasteiger partial charge in [0.2, 0.25) is 5.91 Å². The highest BCUT2D eigenvalue weighted by Crippen LogP contribution is 2.64. The molecule has 0 aliphatic carbocycles. The topological polar surface area (TPSA) is 66.9 Å². The van der Waals surface area contributed by atoms with Crippen molar-refractivity contribution in [3.8, 4) is 0 Å². The fraction of sp³-hybridized carbons (Fsp3) is 0.323. The maximum atomic E-state index is 14.8. The van der Waals surface area contributed by atoms with Crippen LogP contribution in [-0.2, 0) is 31.8 Å². The molecule has 0 bridgehead atoms. The molecule has 6 heteroatoms. The number of carbonyl (C=O) groups excluding carboxylic acids is 3. The van der Waals surface area contributed by atoms with Gasteiger partial charge < -0.3 is 9.64 Å². The van der Waals surface area contributed by atoms with Gasteiger partial charge in [0.15, 0.2) is 5.54 Å². The molecule has 2 heterocycles. The van der Waals surface area contributed by atoms with Gasteiger partial charge in [-0.3, -0.25) is 9.59 Å². The number of amides is 3. The van der Waals surface area contributed by atoms with Crippen LogP contribution < -0.4 is 4.90 Å². The van der Waals surface area contributed by atoms with Gasteiger partial charge in [-0.15, -0.1) is 0 Å². The van der Waals surface area contributed by atoms with Gasteiger partial charge in [-0.1, -0.05) is 85.3 Å². The lowest BCUT2D eigenvalue weighted by Crippen LogP contribution is -2.82. The fourth-order valence-corrected chi connectivity index (χ4v) is 5.98. The molecule has 3 aromatic carbocycles. The highest BCUT2D eigenvalue weighted by molar-refractivity contribution is 6.23. The molecule has 1 saturated heterocycles. The normalized spacial score (nSPS) is 22.7. The number of β-lactam (4-membered cyclic amide) rings is 1. The maximum Gasteiger partial charge on any atom is 0.418 e. The summed E-state index contributed by atoms with van der Waals surface area (Å²) in [6, 6.07) is 24.9. The van der Waals surface area contributed by atoms with Crippen molar-refractivity contribution in [2.45, 2.75) is 64.1 Å². The Morgan fingerprint density at radius 2 is 1.51 bits per heavy atom. The molecule has 37 heavy (non-hydrogen) atoms. The van der Waals surface area contributed by atoms with Crippen molar-refractivity contribution in [3.05, 3.63) is 101 Å². The summed E-state index contributed by atoms with van der Waals surface area (Å²) in [5, 5.41) is 0. The van der Waals surface area contributed by atoms with Crippen molar-refractivity contribution >= 4 is 23.6 Å². The molecule has 2 aliphatic heterocycles. The van der Waals surface area contributed by atoms with Gasteiger partial charge in [-0.25, -0.2) is 9.69 Å². The molecule has 6 nitrogen and oxygen atoms in total. The van der Waals surface area contributed by atoms with Crippen molar-refractivity contribution < 1.29 is 19.1 Å². The SMILES string of the molecule is CC[C@@]1(c2ccccc2)C(=O)N(C(=O)OC(C)(C)C)[C@@]12C(=O)N(Cc1ccccc1)c1ccc(C)cc12. The summed E-state index contributed by atoms with van der Waals surface area (Å²) in [6.07, 6.45) is -0.465. The third-order valence-electron chi connectivity index (χ3n) is 7.47. The van der Waals surface area contributed by atoms with Gasteiger partial charge in [-0.05, 0) is 51.3 Å². The number of benzene rings is 3. The first-order valence-corrected chi connectivity index (χ1v) is 12.7. The molecule has 0 aromatic heterocycles. The first kappa shape index (κ1) is 24.8. The third-order valence-corrected chi connectivity index (χ3v) is 7.47. The van der Waals surface area contributed by atoms with Crippen molar-refractivity contribution in [3.63, 3.8) is 0 Å². The van der Waals surface area contributed by atoms with Gasteiger partial charge >= 0.3 is 6.09 Å². The second-order valence-corrected chi connectivity index (χ2v) is 10.9. The van der Waals surface area contributed by atoms with Crippen molar-refractivity contribution in [1.82, 2.24) is 4.90 Å². The minimum atomic E-state index is -1.56. The highest BCUT2D eigenvalue weighted by Gasteiger charge is 2.81. The Labute approximate surface area is 217 Å². The summed E-state index contributed by atoms with van der Waals surface area (Å²) < 4.78 is 5.72. The van der Waals surface area contributed by atoms with Gasteiger partial charge in [0.25, 0.3) is 5.91 Å². The van der Waals surface area contributed by atoms with E-state index in [1.807, 2.05) is 92.7 Å². The Morgan fingerprint density at radius 3 is 2.11 bits per heavy atom. The fourth-order valence-electron chi connectivity index (χ4n) is 5.98. The first-order chi connectivity index (χ1) is 17.6. The van der Waals surface area contributed by atoms with E-state index >= 15 is 0 Å². The number of imide groups is 1. The van der Waals surface area contributed by atoms with E-state index in [9.17, 15) is 14.4 Å². The van der Waals surface area contributed by atoms with Crippen LogP contribution in [0.2, 0.25) is 0 Å². The number of aryl methyl sites for hydroxylation is 1. The molecule has 1 fully saturated rings. The highest BCUT2D eigenvalue weighted by atomic mass is 16.6. The van der Waals surface area contributed by atoms with Crippen molar-refractivity contribution in [1.29, 1.82) is 0 Å².